The maximum atomic E-state index is 11.4. The molecule has 0 atom stereocenters. The molecule has 0 aromatic heterocycles. The Kier molecular flexibility index (Phi) is 3.55. The van der Waals surface area contributed by atoms with E-state index < -0.39 is 0 Å². The zero-order valence-electron chi connectivity index (χ0n) is 9.81. The molecule has 1 N–H and O–H groups in total. The van der Waals surface area contributed by atoms with Crippen molar-refractivity contribution in [1.29, 1.82) is 0 Å². The normalized spacial score (nSPS) is 9.94. The molecule has 2 heteroatoms. The van der Waals surface area contributed by atoms with Crippen LogP contribution in [-0.4, -0.2) is 13.0 Å². The van der Waals surface area contributed by atoms with E-state index in [9.17, 15) is 4.79 Å². The van der Waals surface area contributed by atoms with Gasteiger partial charge in [0.1, 0.15) is 0 Å². The molecule has 17 heavy (non-hydrogen) atoms. The Bertz CT molecular complexity index is 488. The third kappa shape index (κ3) is 2.94. The highest BCUT2D eigenvalue weighted by atomic mass is 16.1. The van der Waals surface area contributed by atoms with Crippen LogP contribution in [0, 0.1) is 0 Å². The minimum atomic E-state index is -0.0451. The van der Waals surface area contributed by atoms with Gasteiger partial charge in [-0.3, -0.25) is 4.79 Å². The first-order valence-electron chi connectivity index (χ1n) is 5.64. The lowest BCUT2D eigenvalue weighted by molar-refractivity contribution is 0.0963. The van der Waals surface area contributed by atoms with Crippen molar-refractivity contribution in [2.75, 3.05) is 7.05 Å². The maximum absolute atomic E-state index is 11.4. The highest BCUT2D eigenvalue weighted by Gasteiger charge is 2.02. The molecule has 2 aromatic carbocycles. The summed E-state index contributed by atoms with van der Waals surface area (Å²) >= 11 is 0. The fourth-order valence-electron chi connectivity index (χ4n) is 1.75. The number of benzene rings is 2. The van der Waals surface area contributed by atoms with Crippen molar-refractivity contribution in [1.82, 2.24) is 5.32 Å². The van der Waals surface area contributed by atoms with Crippen LogP contribution in [0.5, 0.6) is 0 Å². The molecule has 0 aliphatic rings. The number of hydrogen-bond acceptors (Lipinski definition) is 1. The van der Waals surface area contributed by atoms with E-state index in [-0.39, 0.29) is 5.91 Å². The average molecular weight is 225 g/mol. The van der Waals surface area contributed by atoms with Gasteiger partial charge in [0.25, 0.3) is 5.91 Å². The van der Waals surface area contributed by atoms with Crippen molar-refractivity contribution >= 4 is 5.91 Å². The summed E-state index contributed by atoms with van der Waals surface area (Å²) in [6, 6.07) is 18.0. The van der Waals surface area contributed by atoms with Gasteiger partial charge < -0.3 is 5.32 Å². The summed E-state index contributed by atoms with van der Waals surface area (Å²) in [7, 11) is 1.64. The van der Waals surface area contributed by atoms with Gasteiger partial charge in [-0.2, -0.15) is 0 Å². The third-order valence-electron chi connectivity index (χ3n) is 2.69. The van der Waals surface area contributed by atoms with Gasteiger partial charge in [-0.15, -0.1) is 0 Å². The summed E-state index contributed by atoms with van der Waals surface area (Å²) in [6.07, 6.45) is 0.898. The first-order valence-corrected chi connectivity index (χ1v) is 5.64. The highest BCUT2D eigenvalue weighted by Crippen LogP contribution is 2.10. The standard InChI is InChI=1S/C15H15NO/c1-16-15(17)14-9-7-13(8-10-14)11-12-5-3-2-4-6-12/h2-10H,11H2,1H3,(H,16,17). The van der Waals surface area contributed by atoms with Crippen LogP contribution in [0.2, 0.25) is 0 Å². The largest absolute Gasteiger partial charge is 0.355 e. The summed E-state index contributed by atoms with van der Waals surface area (Å²) in [4.78, 5) is 11.4. The second kappa shape index (κ2) is 5.30. The lowest BCUT2D eigenvalue weighted by Gasteiger charge is -2.03. The molecule has 1 amide bonds. The Morgan fingerprint density at radius 3 is 2.12 bits per heavy atom. The number of nitrogens with one attached hydrogen (secondary N) is 1. The van der Waals surface area contributed by atoms with E-state index in [0.717, 1.165) is 6.42 Å². The molecular formula is C15H15NO. The number of carbonyl (C=O) groups excluding carboxylic acids is 1. The Hall–Kier alpha value is -2.09. The lowest BCUT2D eigenvalue weighted by Crippen LogP contribution is -2.17. The Morgan fingerprint density at radius 1 is 0.941 bits per heavy atom. The first kappa shape index (κ1) is 11.4. The molecule has 0 spiro atoms. The quantitative estimate of drug-likeness (QED) is 0.854. The summed E-state index contributed by atoms with van der Waals surface area (Å²) in [5.74, 6) is -0.0451. The fourth-order valence-corrected chi connectivity index (χ4v) is 1.75. The van der Waals surface area contributed by atoms with E-state index >= 15 is 0 Å². The molecule has 0 saturated heterocycles. The monoisotopic (exact) mass is 225 g/mol. The third-order valence-corrected chi connectivity index (χ3v) is 2.69. The van der Waals surface area contributed by atoms with Gasteiger partial charge in [0, 0.05) is 12.6 Å². The number of hydrogen-bond donors (Lipinski definition) is 1. The van der Waals surface area contributed by atoms with E-state index in [1.165, 1.54) is 11.1 Å². The minimum absolute atomic E-state index is 0.0451. The molecule has 2 aromatic rings. The summed E-state index contributed by atoms with van der Waals surface area (Å²) < 4.78 is 0. The molecule has 86 valence electrons. The van der Waals surface area contributed by atoms with Gasteiger partial charge in [0.05, 0.1) is 0 Å². The Morgan fingerprint density at radius 2 is 1.53 bits per heavy atom. The zero-order valence-corrected chi connectivity index (χ0v) is 9.81. The van der Waals surface area contributed by atoms with Gasteiger partial charge in [-0.25, -0.2) is 0 Å². The molecule has 0 aliphatic carbocycles. The van der Waals surface area contributed by atoms with Gasteiger partial charge >= 0.3 is 0 Å². The predicted molar refractivity (Wildman–Crippen MR) is 69.1 cm³/mol. The van der Waals surface area contributed by atoms with Crippen molar-refractivity contribution in [3.05, 3.63) is 71.3 Å². The Balaban J connectivity index is 2.11. The Labute approximate surface area is 101 Å². The second-order valence-electron chi connectivity index (χ2n) is 3.94. The predicted octanol–water partition coefficient (Wildman–Crippen LogP) is 2.64. The van der Waals surface area contributed by atoms with E-state index in [2.05, 4.69) is 17.4 Å². The smallest absolute Gasteiger partial charge is 0.251 e. The molecule has 2 rings (SSSR count). The molecule has 0 bridgehead atoms. The van der Waals surface area contributed by atoms with Crippen LogP contribution in [0.15, 0.2) is 54.6 Å². The number of amides is 1. The molecule has 0 fully saturated rings. The minimum Gasteiger partial charge on any atom is -0.355 e. The van der Waals surface area contributed by atoms with E-state index in [4.69, 9.17) is 0 Å². The van der Waals surface area contributed by atoms with E-state index in [1.54, 1.807) is 7.05 Å². The molecule has 0 aliphatic heterocycles. The molecule has 0 radical (unpaired) electrons. The van der Waals surface area contributed by atoms with E-state index in [0.29, 0.717) is 5.56 Å². The SMILES string of the molecule is CNC(=O)c1ccc(Cc2ccccc2)cc1. The summed E-state index contributed by atoms with van der Waals surface area (Å²) in [5, 5.41) is 2.61. The van der Waals surface area contributed by atoms with Crippen LogP contribution in [0.1, 0.15) is 21.5 Å². The molecule has 0 saturated carbocycles. The van der Waals surface area contributed by atoms with Gasteiger partial charge in [0.15, 0.2) is 0 Å². The maximum Gasteiger partial charge on any atom is 0.251 e. The van der Waals surface area contributed by atoms with Gasteiger partial charge in [-0.1, -0.05) is 42.5 Å². The van der Waals surface area contributed by atoms with Crippen molar-refractivity contribution in [2.24, 2.45) is 0 Å². The first-order chi connectivity index (χ1) is 8.29. The second-order valence-corrected chi connectivity index (χ2v) is 3.94. The zero-order chi connectivity index (χ0) is 12.1. The van der Waals surface area contributed by atoms with Crippen molar-refractivity contribution in [3.63, 3.8) is 0 Å². The number of carbonyl (C=O) groups is 1. The van der Waals surface area contributed by atoms with Crippen molar-refractivity contribution in [3.8, 4) is 0 Å². The van der Waals surface area contributed by atoms with Crippen molar-refractivity contribution in [2.45, 2.75) is 6.42 Å². The fraction of sp³-hybridized carbons (Fsp3) is 0.133. The molecule has 0 unspecified atom stereocenters. The summed E-state index contributed by atoms with van der Waals surface area (Å²) in [6.45, 7) is 0. The molecule has 0 heterocycles. The van der Waals surface area contributed by atoms with Crippen LogP contribution in [0.25, 0.3) is 0 Å². The summed E-state index contributed by atoms with van der Waals surface area (Å²) in [5.41, 5.74) is 3.19. The van der Waals surface area contributed by atoms with Gasteiger partial charge in [-0.05, 0) is 29.7 Å². The van der Waals surface area contributed by atoms with Crippen LogP contribution in [-0.2, 0) is 6.42 Å². The van der Waals surface area contributed by atoms with E-state index in [1.807, 2.05) is 42.5 Å². The highest BCUT2D eigenvalue weighted by molar-refractivity contribution is 5.93. The molecular weight excluding hydrogens is 210 g/mol. The van der Waals surface area contributed by atoms with Crippen LogP contribution in [0.3, 0.4) is 0 Å². The van der Waals surface area contributed by atoms with Crippen LogP contribution >= 0.6 is 0 Å². The topological polar surface area (TPSA) is 29.1 Å². The number of rotatable bonds is 3. The average Bonchev–Trinajstić information content (AvgIpc) is 2.40. The van der Waals surface area contributed by atoms with Gasteiger partial charge in [0.2, 0.25) is 0 Å². The van der Waals surface area contributed by atoms with Crippen molar-refractivity contribution < 1.29 is 4.79 Å². The lowest BCUT2D eigenvalue weighted by atomic mass is 10.0. The van der Waals surface area contributed by atoms with Crippen LogP contribution in [0.4, 0.5) is 0 Å². The molecule has 2 nitrogen and oxygen atoms in total. The van der Waals surface area contributed by atoms with Crippen LogP contribution < -0.4 is 5.32 Å².